The van der Waals surface area contributed by atoms with Gasteiger partial charge in [0.1, 0.15) is 5.54 Å². The Morgan fingerprint density at radius 3 is 2.50 bits per heavy atom. The summed E-state index contributed by atoms with van der Waals surface area (Å²) in [4.78, 5) is 13.8. The van der Waals surface area contributed by atoms with E-state index in [9.17, 15) is 4.79 Å². The first-order valence-corrected chi connectivity index (χ1v) is 4.03. The summed E-state index contributed by atoms with van der Waals surface area (Å²) in [6.45, 7) is 1.49. The summed E-state index contributed by atoms with van der Waals surface area (Å²) < 4.78 is 0. The van der Waals surface area contributed by atoms with Gasteiger partial charge in [-0.15, -0.1) is 0 Å². The van der Waals surface area contributed by atoms with E-state index in [1.54, 1.807) is 30.3 Å². The third-order valence-electron chi connectivity index (χ3n) is 2.06. The number of primary amides is 1. The summed E-state index contributed by atoms with van der Waals surface area (Å²) in [5, 5.41) is 3.43. The maximum Gasteiger partial charge on any atom is 0.233 e. The fraction of sp³-hybridized carbons (Fsp3) is 0.222. The lowest BCUT2D eigenvalue weighted by Gasteiger charge is -2.19. The predicted molar refractivity (Wildman–Crippen MR) is 52.1 cm³/mol. The first-order chi connectivity index (χ1) is 6.61. The largest absolute Gasteiger partial charge is 0.369 e. The third-order valence-corrected chi connectivity index (χ3v) is 2.06. The van der Waals surface area contributed by atoms with Gasteiger partial charge in [-0.2, -0.15) is 0 Å². The van der Waals surface area contributed by atoms with E-state index < -0.39 is 11.4 Å². The highest BCUT2D eigenvalue weighted by atomic mass is 16.1. The van der Waals surface area contributed by atoms with Crippen molar-refractivity contribution in [3.05, 3.63) is 46.3 Å². The van der Waals surface area contributed by atoms with Crippen LogP contribution in [0.5, 0.6) is 0 Å². The standard InChI is InChI=1S/C9H10N4O/c1-9(8(10)14,12-13-11)7-5-3-2-4-6-7/h2-6H,1H3,(H2,10,14). The van der Waals surface area contributed by atoms with E-state index in [4.69, 9.17) is 11.3 Å². The van der Waals surface area contributed by atoms with Crippen LogP contribution in [0.1, 0.15) is 12.5 Å². The van der Waals surface area contributed by atoms with Crippen molar-refractivity contribution in [3.63, 3.8) is 0 Å². The molecule has 5 heteroatoms. The zero-order valence-electron chi connectivity index (χ0n) is 7.71. The number of benzene rings is 1. The predicted octanol–water partition coefficient (Wildman–Crippen LogP) is 1.70. The second kappa shape index (κ2) is 3.81. The molecule has 0 saturated carbocycles. The smallest absolute Gasteiger partial charge is 0.233 e. The van der Waals surface area contributed by atoms with Crippen molar-refractivity contribution in [2.24, 2.45) is 10.8 Å². The minimum atomic E-state index is -1.31. The minimum absolute atomic E-state index is 0.588. The van der Waals surface area contributed by atoms with Crippen molar-refractivity contribution >= 4 is 5.91 Å². The van der Waals surface area contributed by atoms with Gasteiger partial charge in [0.05, 0.1) is 0 Å². The van der Waals surface area contributed by atoms with Crippen molar-refractivity contribution in [1.29, 1.82) is 0 Å². The average Bonchev–Trinajstić information content (AvgIpc) is 2.19. The Labute approximate surface area is 81.2 Å². The number of amides is 1. The van der Waals surface area contributed by atoms with Crippen molar-refractivity contribution < 1.29 is 4.79 Å². The fourth-order valence-corrected chi connectivity index (χ4v) is 1.10. The molecule has 0 bridgehead atoms. The molecule has 0 aliphatic carbocycles. The van der Waals surface area contributed by atoms with Crippen LogP contribution in [0.2, 0.25) is 0 Å². The maximum atomic E-state index is 11.2. The number of nitrogens with zero attached hydrogens (tertiary/aromatic N) is 3. The molecule has 1 aromatic rings. The zero-order valence-corrected chi connectivity index (χ0v) is 7.71. The zero-order chi connectivity index (χ0) is 10.6. The van der Waals surface area contributed by atoms with Gasteiger partial charge in [-0.3, -0.25) is 4.79 Å². The molecule has 5 nitrogen and oxygen atoms in total. The summed E-state index contributed by atoms with van der Waals surface area (Å²) in [5.41, 5.74) is 12.8. The second-order valence-electron chi connectivity index (χ2n) is 2.99. The van der Waals surface area contributed by atoms with Crippen LogP contribution in [0.4, 0.5) is 0 Å². The minimum Gasteiger partial charge on any atom is -0.369 e. The normalized spacial score (nSPS) is 13.8. The average molecular weight is 190 g/mol. The number of rotatable bonds is 3. The second-order valence-corrected chi connectivity index (χ2v) is 2.99. The molecule has 0 aliphatic rings. The van der Waals surface area contributed by atoms with Crippen LogP contribution in [0.15, 0.2) is 35.4 Å². The van der Waals surface area contributed by atoms with Gasteiger partial charge in [-0.25, -0.2) is 0 Å². The lowest BCUT2D eigenvalue weighted by molar-refractivity contribution is -0.122. The maximum absolute atomic E-state index is 11.2. The molecule has 0 saturated heterocycles. The summed E-state index contributed by atoms with van der Waals surface area (Å²) in [6, 6.07) is 8.70. The fourth-order valence-electron chi connectivity index (χ4n) is 1.10. The van der Waals surface area contributed by atoms with Crippen molar-refractivity contribution in [2.45, 2.75) is 12.5 Å². The van der Waals surface area contributed by atoms with E-state index in [2.05, 4.69) is 10.0 Å². The lowest BCUT2D eigenvalue weighted by Crippen LogP contribution is -2.36. The first kappa shape index (κ1) is 10.1. The number of hydrogen-bond acceptors (Lipinski definition) is 2. The monoisotopic (exact) mass is 190 g/mol. The summed E-state index contributed by atoms with van der Waals surface area (Å²) in [5.74, 6) is -0.665. The van der Waals surface area contributed by atoms with Crippen LogP contribution in [0.25, 0.3) is 10.4 Å². The van der Waals surface area contributed by atoms with Crippen LogP contribution in [-0.2, 0) is 10.3 Å². The van der Waals surface area contributed by atoms with Crippen LogP contribution >= 0.6 is 0 Å². The molecule has 1 aromatic carbocycles. The van der Waals surface area contributed by atoms with Gasteiger partial charge in [0.25, 0.3) is 0 Å². The highest BCUT2D eigenvalue weighted by Gasteiger charge is 2.31. The quantitative estimate of drug-likeness (QED) is 0.438. The number of azide groups is 1. The molecule has 0 aromatic heterocycles. The van der Waals surface area contributed by atoms with Crippen molar-refractivity contribution in [2.75, 3.05) is 0 Å². The number of nitrogens with two attached hydrogens (primary N) is 1. The Morgan fingerprint density at radius 1 is 1.50 bits per heavy atom. The molecule has 1 amide bonds. The Kier molecular flexibility index (Phi) is 2.74. The van der Waals surface area contributed by atoms with Gasteiger partial charge < -0.3 is 5.73 Å². The van der Waals surface area contributed by atoms with E-state index in [0.29, 0.717) is 5.56 Å². The summed E-state index contributed by atoms with van der Waals surface area (Å²) in [7, 11) is 0. The Bertz CT molecular complexity index is 379. The van der Waals surface area contributed by atoms with Gasteiger partial charge in [0.15, 0.2) is 0 Å². The highest BCUT2D eigenvalue weighted by Crippen LogP contribution is 2.24. The highest BCUT2D eigenvalue weighted by molar-refractivity contribution is 5.85. The third kappa shape index (κ3) is 1.67. The van der Waals surface area contributed by atoms with Crippen molar-refractivity contribution in [1.82, 2.24) is 0 Å². The molecule has 14 heavy (non-hydrogen) atoms. The Balaban J connectivity index is 3.26. The molecule has 72 valence electrons. The molecule has 0 aliphatic heterocycles. The molecule has 0 spiro atoms. The van der Waals surface area contributed by atoms with Gasteiger partial charge in [-0.1, -0.05) is 35.4 Å². The van der Waals surface area contributed by atoms with Crippen LogP contribution < -0.4 is 5.73 Å². The van der Waals surface area contributed by atoms with E-state index >= 15 is 0 Å². The van der Waals surface area contributed by atoms with Gasteiger partial charge in [0, 0.05) is 4.91 Å². The van der Waals surface area contributed by atoms with Gasteiger partial charge >= 0.3 is 0 Å². The SMILES string of the molecule is CC(N=[N+]=[N-])(C(N)=O)c1ccccc1. The topological polar surface area (TPSA) is 91.8 Å². The first-order valence-electron chi connectivity index (χ1n) is 4.03. The molecule has 0 fully saturated rings. The van der Waals surface area contributed by atoms with E-state index in [-0.39, 0.29) is 0 Å². The molecule has 2 N–H and O–H groups in total. The Morgan fingerprint density at radius 2 is 2.07 bits per heavy atom. The molecule has 1 rings (SSSR count). The van der Waals surface area contributed by atoms with Gasteiger partial charge in [-0.05, 0) is 18.0 Å². The molecule has 0 radical (unpaired) electrons. The van der Waals surface area contributed by atoms with Crippen LogP contribution in [0, 0.1) is 0 Å². The number of carbonyl (C=O) groups is 1. The number of carbonyl (C=O) groups excluding carboxylic acids is 1. The lowest BCUT2D eigenvalue weighted by atomic mass is 9.92. The summed E-state index contributed by atoms with van der Waals surface area (Å²) in [6.07, 6.45) is 0. The van der Waals surface area contributed by atoms with E-state index in [1.807, 2.05) is 0 Å². The van der Waals surface area contributed by atoms with E-state index in [0.717, 1.165) is 0 Å². The summed E-state index contributed by atoms with van der Waals surface area (Å²) >= 11 is 0. The molecule has 1 atom stereocenters. The Hall–Kier alpha value is -2.00. The van der Waals surface area contributed by atoms with Crippen LogP contribution in [0.3, 0.4) is 0 Å². The molecule has 0 heterocycles. The molecular weight excluding hydrogens is 180 g/mol. The molecule has 1 unspecified atom stereocenters. The van der Waals surface area contributed by atoms with Gasteiger partial charge in [0.2, 0.25) is 5.91 Å². The molecular formula is C9H10N4O. The van der Waals surface area contributed by atoms with E-state index in [1.165, 1.54) is 6.92 Å². The number of hydrogen-bond donors (Lipinski definition) is 1. The van der Waals surface area contributed by atoms with Crippen LogP contribution in [-0.4, -0.2) is 5.91 Å². The van der Waals surface area contributed by atoms with Crippen molar-refractivity contribution in [3.8, 4) is 0 Å².